The highest BCUT2D eigenvalue weighted by atomic mass is 16.5. The number of carbonyl (C=O) groups is 1. The van der Waals surface area contributed by atoms with Gasteiger partial charge in [0.25, 0.3) is 5.91 Å². The van der Waals surface area contributed by atoms with E-state index in [-0.39, 0.29) is 5.91 Å². The third-order valence-corrected chi connectivity index (χ3v) is 4.26. The summed E-state index contributed by atoms with van der Waals surface area (Å²) in [5.74, 6) is 1.97. The molecule has 0 unspecified atom stereocenters. The fourth-order valence-corrected chi connectivity index (χ4v) is 2.71. The first-order valence-corrected chi connectivity index (χ1v) is 8.55. The quantitative estimate of drug-likeness (QED) is 0.643. The summed E-state index contributed by atoms with van der Waals surface area (Å²) < 4.78 is 12.2. The lowest BCUT2D eigenvalue weighted by Crippen LogP contribution is -2.29. The van der Waals surface area contributed by atoms with Gasteiger partial charge < -0.3 is 14.4 Å². The van der Waals surface area contributed by atoms with Crippen LogP contribution in [0.15, 0.2) is 55.0 Å². The average Bonchev–Trinajstić information content (AvgIpc) is 3.26. The number of rotatable bonds is 7. The fraction of sp³-hybridized carbons (Fsp3) is 0.250. The molecule has 0 bridgehead atoms. The van der Waals surface area contributed by atoms with Crippen molar-refractivity contribution in [1.29, 1.82) is 0 Å². The van der Waals surface area contributed by atoms with Crippen LogP contribution in [0, 0.1) is 0 Å². The first kappa shape index (κ1) is 18.4. The maximum Gasteiger partial charge on any atom is 0.255 e. The molecule has 0 aliphatic carbocycles. The van der Waals surface area contributed by atoms with Crippen LogP contribution < -0.4 is 9.47 Å². The van der Waals surface area contributed by atoms with E-state index in [4.69, 9.17) is 9.47 Å². The SMILES string of the molecule is COc1ccc(CCN(C)C(=O)c2ccc(-n3cccn3)nc2)cc1OC. The average molecular weight is 366 g/mol. The van der Waals surface area contributed by atoms with Gasteiger partial charge in [0, 0.05) is 32.2 Å². The molecule has 1 amide bonds. The molecule has 2 aromatic heterocycles. The Kier molecular flexibility index (Phi) is 5.71. The number of methoxy groups -OCH3 is 2. The fourth-order valence-electron chi connectivity index (χ4n) is 2.71. The summed E-state index contributed by atoms with van der Waals surface area (Å²) in [6.45, 7) is 0.579. The number of hydrogen-bond acceptors (Lipinski definition) is 5. The van der Waals surface area contributed by atoms with Gasteiger partial charge >= 0.3 is 0 Å². The summed E-state index contributed by atoms with van der Waals surface area (Å²) >= 11 is 0. The van der Waals surface area contributed by atoms with Gasteiger partial charge in [-0.2, -0.15) is 5.10 Å². The predicted octanol–water partition coefficient (Wildman–Crippen LogP) is 2.60. The van der Waals surface area contributed by atoms with Crippen LogP contribution in [0.25, 0.3) is 5.82 Å². The Morgan fingerprint density at radius 2 is 1.96 bits per heavy atom. The lowest BCUT2D eigenvalue weighted by Gasteiger charge is -2.18. The number of hydrogen-bond donors (Lipinski definition) is 0. The second-order valence-corrected chi connectivity index (χ2v) is 6.02. The van der Waals surface area contributed by atoms with Crippen LogP contribution >= 0.6 is 0 Å². The maximum atomic E-state index is 12.6. The molecule has 0 aliphatic rings. The molecule has 3 rings (SSSR count). The van der Waals surface area contributed by atoms with E-state index in [9.17, 15) is 4.79 Å². The van der Waals surface area contributed by atoms with E-state index in [1.54, 1.807) is 61.6 Å². The van der Waals surface area contributed by atoms with Crippen molar-refractivity contribution in [3.05, 3.63) is 66.1 Å². The molecule has 0 spiro atoms. The van der Waals surface area contributed by atoms with Crippen LogP contribution in [0.2, 0.25) is 0 Å². The van der Waals surface area contributed by atoms with Crippen molar-refractivity contribution in [2.75, 3.05) is 27.8 Å². The highest BCUT2D eigenvalue weighted by molar-refractivity contribution is 5.93. The predicted molar refractivity (Wildman–Crippen MR) is 102 cm³/mol. The first-order valence-electron chi connectivity index (χ1n) is 8.55. The van der Waals surface area contributed by atoms with Gasteiger partial charge in [-0.25, -0.2) is 9.67 Å². The molecule has 0 radical (unpaired) electrons. The van der Waals surface area contributed by atoms with E-state index < -0.39 is 0 Å². The molecule has 0 aliphatic heterocycles. The van der Waals surface area contributed by atoms with E-state index in [2.05, 4.69) is 10.1 Å². The van der Waals surface area contributed by atoms with Crippen molar-refractivity contribution < 1.29 is 14.3 Å². The number of benzene rings is 1. The van der Waals surface area contributed by atoms with E-state index in [1.165, 1.54) is 0 Å². The van der Waals surface area contributed by atoms with Crippen LogP contribution in [-0.2, 0) is 6.42 Å². The molecule has 27 heavy (non-hydrogen) atoms. The lowest BCUT2D eigenvalue weighted by atomic mass is 10.1. The molecule has 0 atom stereocenters. The van der Waals surface area contributed by atoms with Crippen LogP contribution in [0.3, 0.4) is 0 Å². The van der Waals surface area contributed by atoms with Crippen molar-refractivity contribution in [3.8, 4) is 17.3 Å². The Morgan fingerprint density at radius 1 is 1.15 bits per heavy atom. The minimum absolute atomic E-state index is 0.0741. The Bertz CT molecular complexity index is 892. The molecule has 1 aromatic carbocycles. The summed E-state index contributed by atoms with van der Waals surface area (Å²) in [7, 11) is 5.00. The second kappa shape index (κ2) is 8.35. The Balaban J connectivity index is 1.62. The molecular weight excluding hydrogens is 344 g/mol. The zero-order chi connectivity index (χ0) is 19.2. The summed E-state index contributed by atoms with van der Waals surface area (Å²) in [4.78, 5) is 18.6. The molecule has 0 fully saturated rings. The number of nitrogens with zero attached hydrogens (tertiary/aromatic N) is 4. The van der Waals surface area contributed by atoms with Crippen molar-refractivity contribution in [1.82, 2.24) is 19.7 Å². The summed E-state index contributed by atoms with van der Waals surface area (Å²) in [5, 5.41) is 4.13. The standard InChI is InChI=1S/C20H22N4O3/c1-23(12-9-15-5-7-17(26-2)18(13-15)27-3)20(25)16-6-8-19(21-14-16)24-11-4-10-22-24/h4-8,10-11,13-14H,9,12H2,1-3H3. The lowest BCUT2D eigenvalue weighted by molar-refractivity contribution is 0.0796. The van der Waals surface area contributed by atoms with E-state index in [0.717, 1.165) is 5.56 Å². The van der Waals surface area contributed by atoms with E-state index in [1.807, 2.05) is 24.3 Å². The third kappa shape index (κ3) is 4.25. The van der Waals surface area contributed by atoms with Gasteiger partial charge in [-0.3, -0.25) is 4.79 Å². The molecule has 0 N–H and O–H groups in total. The van der Waals surface area contributed by atoms with Gasteiger partial charge in [-0.05, 0) is 42.3 Å². The van der Waals surface area contributed by atoms with Gasteiger partial charge in [0.2, 0.25) is 0 Å². The minimum Gasteiger partial charge on any atom is -0.493 e. The molecule has 0 saturated heterocycles. The van der Waals surface area contributed by atoms with E-state index >= 15 is 0 Å². The number of ether oxygens (including phenoxy) is 2. The Hall–Kier alpha value is -3.35. The summed E-state index contributed by atoms with van der Waals surface area (Å²) in [6, 6.07) is 11.1. The number of amides is 1. The van der Waals surface area contributed by atoms with Crippen LogP contribution in [0.5, 0.6) is 11.5 Å². The molecule has 3 aromatic rings. The third-order valence-electron chi connectivity index (χ3n) is 4.26. The van der Waals surface area contributed by atoms with Crippen LogP contribution in [-0.4, -0.2) is 53.4 Å². The Labute approximate surface area is 158 Å². The number of carbonyl (C=O) groups excluding carboxylic acids is 1. The number of pyridine rings is 1. The number of aromatic nitrogens is 3. The smallest absolute Gasteiger partial charge is 0.255 e. The second-order valence-electron chi connectivity index (χ2n) is 6.02. The zero-order valence-corrected chi connectivity index (χ0v) is 15.6. The largest absolute Gasteiger partial charge is 0.493 e. The molecule has 0 saturated carbocycles. The summed E-state index contributed by atoms with van der Waals surface area (Å²) in [6.07, 6.45) is 5.77. The van der Waals surface area contributed by atoms with Gasteiger partial charge in [-0.1, -0.05) is 6.07 Å². The maximum absolute atomic E-state index is 12.6. The van der Waals surface area contributed by atoms with Crippen molar-refractivity contribution >= 4 is 5.91 Å². The van der Waals surface area contributed by atoms with Gasteiger partial charge in [0.05, 0.1) is 19.8 Å². The first-order chi connectivity index (χ1) is 13.1. The van der Waals surface area contributed by atoms with Crippen molar-refractivity contribution in [3.63, 3.8) is 0 Å². The van der Waals surface area contributed by atoms with Gasteiger partial charge in [0.1, 0.15) is 0 Å². The molecule has 7 nitrogen and oxygen atoms in total. The highest BCUT2D eigenvalue weighted by Gasteiger charge is 2.13. The minimum atomic E-state index is -0.0741. The van der Waals surface area contributed by atoms with E-state index in [0.29, 0.717) is 35.8 Å². The van der Waals surface area contributed by atoms with Crippen molar-refractivity contribution in [2.45, 2.75) is 6.42 Å². The topological polar surface area (TPSA) is 69.5 Å². The van der Waals surface area contributed by atoms with Crippen LogP contribution in [0.4, 0.5) is 0 Å². The zero-order valence-electron chi connectivity index (χ0n) is 15.6. The molecule has 140 valence electrons. The van der Waals surface area contributed by atoms with Gasteiger partial charge in [0.15, 0.2) is 17.3 Å². The molecular formula is C20H22N4O3. The van der Waals surface area contributed by atoms with Gasteiger partial charge in [-0.15, -0.1) is 0 Å². The monoisotopic (exact) mass is 366 g/mol. The van der Waals surface area contributed by atoms with Crippen LogP contribution in [0.1, 0.15) is 15.9 Å². The summed E-state index contributed by atoms with van der Waals surface area (Å²) in [5.41, 5.74) is 1.61. The molecule has 7 heteroatoms. The molecule has 2 heterocycles. The Morgan fingerprint density at radius 3 is 2.59 bits per heavy atom. The number of likely N-dealkylation sites (N-methyl/N-ethyl adjacent to an activating group) is 1. The van der Waals surface area contributed by atoms with Crippen molar-refractivity contribution in [2.24, 2.45) is 0 Å². The normalized spacial score (nSPS) is 10.5. The highest BCUT2D eigenvalue weighted by Crippen LogP contribution is 2.27.